The minimum Gasteiger partial charge on any atom is -0.376 e. The molecule has 1 saturated heterocycles. The van der Waals surface area contributed by atoms with Crippen molar-refractivity contribution in [1.29, 1.82) is 0 Å². The summed E-state index contributed by atoms with van der Waals surface area (Å²) in [4.78, 5) is 16.2. The maximum atomic E-state index is 12.0. The summed E-state index contributed by atoms with van der Waals surface area (Å²) in [7, 11) is 0. The molecule has 1 aliphatic rings. The quantitative estimate of drug-likeness (QED) is 0.762. The van der Waals surface area contributed by atoms with E-state index in [9.17, 15) is 4.79 Å². The fourth-order valence-corrected chi connectivity index (χ4v) is 1.90. The molecule has 2 rings (SSSR count). The Labute approximate surface area is 101 Å². The van der Waals surface area contributed by atoms with Gasteiger partial charge in [-0.3, -0.25) is 4.79 Å². The lowest BCUT2D eigenvalue weighted by Crippen LogP contribution is -2.36. The van der Waals surface area contributed by atoms with Gasteiger partial charge in [0.05, 0.1) is 26.2 Å². The summed E-state index contributed by atoms with van der Waals surface area (Å²) in [5.74, 6) is 0.860. The van der Waals surface area contributed by atoms with E-state index in [-0.39, 0.29) is 5.78 Å². The highest BCUT2D eigenvalue weighted by molar-refractivity contribution is 5.84. The van der Waals surface area contributed by atoms with E-state index in [1.54, 1.807) is 6.20 Å². The van der Waals surface area contributed by atoms with E-state index in [0.29, 0.717) is 26.2 Å². The van der Waals surface area contributed by atoms with Gasteiger partial charge in [0, 0.05) is 18.9 Å². The minimum atomic E-state index is -0.421. The number of imidazole rings is 1. The topological polar surface area (TPSA) is 53.4 Å². The Hall–Kier alpha value is -1.20. The molecule has 1 unspecified atom stereocenters. The Morgan fingerprint density at radius 2 is 2.47 bits per heavy atom. The van der Waals surface area contributed by atoms with Gasteiger partial charge in [0.25, 0.3) is 0 Å². The SMILES string of the molecule is CCCn1ccnc1CC(=O)C1COCCO1. The van der Waals surface area contributed by atoms with Gasteiger partial charge < -0.3 is 14.0 Å². The molecule has 1 aliphatic heterocycles. The first-order chi connectivity index (χ1) is 8.31. The Balaban J connectivity index is 1.94. The molecule has 2 heterocycles. The number of aromatic nitrogens is 2. The maximum absolute atomic E-state index is 12.0. The van der Waals surface area contributed by atoms with Crippen molar-refractivity contribution >= 4 is 5.78 Å². The number of carbonyl (C=O) groups excluding carboxylic acids is 1. The number of ketones is 1. The van der Waals surface area contributed by atoms with Crippen molar-refractivity contribution in [1.82, 2.24) is 9.55 Å². The molecule has 0 spiro atoms. The Bertz CT molecular complexity index is 370. The lowest BCUT2D eigenvalue weighted by atomic mass is 10.1. The predicted molar refractivity (Wildman–Crippen MR) is 61.8 cm³/mol. The number of nitrogens with zero attached hydrogens (tertiary/aromatic N) is 2. The van der Waals surface area contributed by atoms with Gasteiger partial charge >= 0.3 is 0 Å². The van der Waals surface area contributed by atoms with Gasteiger partial charge in [0.1, 0.15) is 11.9 Å². The average molecular weight is 238 g/mol. The van der Waals surface area contributed by atoms with Crippen LogP contribution in [-0.2, 0) is 27.2 Å². The van der Waals surface area contributed by atoms with Gasteiger partial charge in [-0.05, 0) is 6.42 Å². The summed E-state index contributed by atoms with van der Waals surface area (Å²) >= 11 is 0. The number of aryl methyl sites for hydroxylation is 1. The van der Waals surface area contributed by atoms with Crippen molar-refractivity contribution in [3.8, 4) is 0 Å². The van der Waals surface area contributed by atoms with Crippen molar-refractivity contribution in [2.24, 2.45) is 0 Å². The molecular weight excluding hydrogens is 220 g/mol. The largest absolute Gasteiger partial charge is 0.376 e. The van der Waals surface area contributed by atoms with Crippen LogP contribution in [0.1, 0.15) is 19.2 Å². The Morgan fingerprint density at radius 1 is 1.59 bits per heavy atom. The molecule has 1 aromatic heterocycles. The van der Waals surface area contributed by atoms with Gasteiger partial charge in [-0.15, -0.1) is 0 Å². The molecule has 0 amide bonds. The zero-order valence-electron chi connectivity index (χ0n) is 10.1. The molecule has 0 aliphatic carbocycles. The molecule has 1 aromatic rings. The van der Waals surface area contributed by atoms with Crippen molar-refractivity contribution in [2.75, 3.05) is 19.8 Å². The van der Waals surface area contributed by atoms with Crippen LogP contribution < -0.4 is 0 Å². The molecule has 5 heteroatoms. The second kappa shape index (κ2) is 5.93. The molecule has 0 aromatic carbocycles. The van der Waals surface area contributed by atoms with Crippen LogP contribution in [0.4, 0.5) is 0 Å². The highest BCUT2D eigenvalue weighted by atomic mass is 16.6. The number of Topliss-reactive ketones (excluding diaryl/α,β-unsaturated/α-hetero) is 1. The molecule has 0 N–H and O–H groups in total. The number of rotatable bonds is 5. The standard InChI is InChI=1S/C12H18N2O3/c1-2-4-14-5-3-13-12(14)8-10(15)11-9-16-6-7-17-11/h3,5,11H,2,4,6-9H2,1H3. The van der Waals surface area contributed by atoms with E-state index in [4.69, 9.17) is 9.47 Å². The number of hydrogen-bond donors (Lipinski definition) is 0. The van der Waals surface area contributed by atoms with Crippen LogP contribution in [0, 0.1) is 0 Å². The molecule has 0 saturated carbocycles. The third-order valence-corrected chi connectivity index (χ3v) is 2.77. The first-order valence-corrected chi connectivity index (χ1v) is 6.03. The van der Waals surface area contributed by atoms with Crippen molar-refractivity contribution < 1.29 is 14.3 Å². The lowest BCUT2D eigenvalue weighted by Gasteiger charge is -2.21. The highest BCUT2D eigenvalue weighted by Gasteiger charge is 2.23. The van der Waals surface area contributed by atoms with Gasteiger partial charge in [-0.1, -0.05) is 6.92 Å². The molecule has 1 fully saturated rings. The first kappa shape index (κ1) is 12.3. The van der Waals surface area contributed by atoms with E-state index in [1.807, 2.05) is 10.8 Å². The lowest BCUT2D eigenvalue weighted by molar-refractivity contribution is -0.144. The first-order valence-electron chi connectivity index (χ1n) is 6.03. The fraction of sp³-hybridized carbons (Fsp3) is 0.667. The van der Waals surface area contributed by atoms with Crippen LogP contribution in [0.15, 0.2) is 12.4 Å². The van der Waals surface area contributed by atoms with Crippen LogP contribution in [0.25, 0.3) is 0 Å². The highest BCUT2D eigenvalue weighted by Crippen LogP contribution is 2.07. The molecule has 1 atom stereocenters. The molecule has 0 radical (unpaired) electrons. The smallest absolute Gasteiger partial charge is 0.171 e. The van der Waals surface area contributed by atoms with E-state index in [0.717, 1.165) is 18.8 Å². The molecule has 0 bridgehead atoms. The van der Waals surface area contributed by atoms with Crippen LogP contribution >= 0.6 is 0 Å². The van der Waals surface area contributed by atoms with Crippen LogP contribution in [0.5, 0.6) is 0 Å². The Kier molecular flexibility index (Phi) is 4.28. The summed E-state index contributed by atoms with van der Waals surface area (Å²) in [6.07, 6.45) is 4.57. The molecular formula is C12H18N2O3. The summed E-state index contributed by atoms with van der Waals surface area (Å²) < 4.78 is 12.6. The summed E-state index contributed by atoms with van der Waals surface area (Å²) in [5.41, 5.74) is 0. The zero-order chi connectivity index (χ0) is 12.1. The van der Waals surface area contributed by atoms with E-state index in [1.165, 1.54) is 0 Å². The predicted octanol–water partition coefficient (Wildman–Crippen LogP) is 0.820. The second-order valence-electron chi connectivity index (χ2n) is 4.11. The molecule has 5 nitrogen and oxygen atoms in total. The average Bonchev–Trinajstić information content (AvgIpc) is 2.78. The monoisotopic (exact) mass is 238 g/mol. The zero-order valence-corrected chi connectivity index (χ0v) is 10.1. The van der Waals surface area contributed by atoms with Crippen molar-refractivity contribution in [3.63, 3.8) is 0 Å². The second-order valence-corrected chi connectivity index (χ2v) is 4.11. The third kappa shape index (κ3) is 3.14. The molecule has 94 valence electrons. The summed E-state index contributed by atoms with van der Waals surface area (Å²) in [6, 6.07) is 0. The van der Waals surface area contributed by atoms with Crippen LogP contribution in [0.2, 0.25) is 0 Å². The van der Waals surface area contributed by atoms with E-state index in [2.05, 4.69) is 11.9 Å². The number of carbonyl (C=O) groups is 1. The van der Waals surface area contributed by atoms with E-state index < -0.39 is 6.10 Å². The van der Waals surface area contributed by atoms with Gasteiger partial charge in [0.15, 0.2) is 5.78 Å². The van der Waals surface area contributed by atoms with Crippen LogP contribution in [0.3, 0.4) is 0 Å². The van der Waals surface area contributed by atoms with Crippen LogP contribution in [-0.4, -0.2) is 41.3 Å². The fourth-order valence-electron chi connectivity index (χ4n) is 1.90. The van der Waals surface area contributed by atoms with Gasteiger partial charge in [-0.25, -0.2) is 4.98 Å². The minimum absolute atomic E-state index is 0.0493. The summed E-state index contributed by atoms with van der Waals surface area (Å²) in [6.45, 7) is 4.44. The maximum Gasteiger partial charge on any atom is 0.171 e. The van der Waals surface area contributed by atoms with Gasteiger partial charge in [0.2, 0.25) is 0 Å². The third-order valence-electron chi connectivity index (χ3n) is 2.77. The normalized spacial score (nSPS) is 20.4. The molecule has 17 heavy (non-hydrogen) atoms. The summed E-state index contributed by atoms with van der Waals surface area (Å²) in [5, 5.41) is 0. The van der Waals surface area contributed by atoms with Gasteiger partial charge in [-0.2, -0.15) is 0 Å². The number of ether oxygens (including phenoxy) is 2. The van der Waals surface area contributed by atoms with Crippen molar-refractivity contribution in [3.05, 3.63) is 18.2 Å². The van der Waals surface area contributed by atoms with Crippen molar-refractivity contribution in [2.45, 2.75) is 32.4 Å². The van der Waals surface area contributed by atoms with E-state index >= 15 is 0 Å². The Morgan fingerprint density at radius 3 is 3.18 bits per heavy atom. The number of hydrogen-bond acceptors (Lipinski definition) is 4.